The number of ether oxygens (including phenoxy) is 1. The van der Waals surface area contributed by atoms with Gasteiger partial charge in [-0.1, -0.05) is 11.6 Å². The molecule has 0 radical (unpaired) electrons. The minimum absolute atomic E-state index is 0.160. The van der Waals surface area contributed by atoms with Gasteiger partial charge in [-0.15, -0.1) is 0 Å². The molecular weight excluding hydrogens is 302 g/mol. The molecule has 0 atom stereocenters. The summed E-state index contributed by atoms with van der Waals surface area (Å²) in [5.41, 5.74) is 0.443. The van der Waals surface area contributed by atoms with E-state index < -0.39 is 31.1 Å². The van der Waals surface area contributed by atoms with Crippen molar-refractivity contribution in [3.8, 4) is 6.07 Å². The Morgan fingerprint density at radius 3 is 2.67 bits per heavy atom. The lowest BCUT2D eigenvalue weighted by Gasteiger charge is -2.08. The molecule has 9 heteroatoms. The third-order valence-electron chi connectivity index (χ3n) is 2.06. The minimum atomic E-state index is -1.23. The molecule has 110 valence electrons. The number of halogens is 1. The molecular formula is C12H10ClN3O5. The van der Waals surface area contributed by atoms with E-state index in [4.69, 9.17) is 22.0 Å². The van der Waals surface area contributed by atoms with Crippen molar-refractivity contribution in [2.24, 2.45) is 0 Å². The minimum Gasteiger partial charge on any atom is -0.480 e. The summed E-state index contributed by atoms with van der Waals surface area (Å²) < 4.78 is 4.51. The Labute approximate surface area is 124 Å². The maximum absolute atomic E-state index is 11.5. The first-order chi connectivity index (χ1) is 9.92. The van der Waals surface area contributed by atoms with Crippen molar-refractivity contribution >= 4 is 35.2 Å². The smallest absolute Gasteiger partial charge is 0.329 e. The van der Waals surface area contributed by atoms with Crippen LogP contribution in [0.2, 0.25) is 5.02 Å². The van der Waals surface area contributed by atoms with Crippen LogP contribution in [-0.2, 0) is 14.3 Å². The van der Waals surface area contributed by atoms with Gasteiger partial charge in [-0.05, 0) is 18.2 Å². The van der Waals surface area contributed by atoms with E-state index in [9.17, 15) is 14.4 Å². The lowest BCUT2D eigenvalue weighted by Crippen LogP contribution is -2.37. The number of carboxylic acids is 1. The van der Waals surface area contributed by atoms with Crippen molar-refractivity contribution in [3.63, 3.8) is 0 Å². The van der Waals surface area contributed by atoms with E-state index in [0.29, 0.717) is 0 Å². The average Bonchev–Trinajstić information content (AvgIpc) is 2.40. The van der Waals surface area contributed by atoms with Crippen LogP contribution in [0.1, 0.15) is 5.56 Å². The molecule has 0 bridgehead atoms. The highest BCUT2D eigenvalue weighted by Crippen LogP contribution is 2.22. The van der Waals surface area contributed by atoms with Crippen LogP contribution in [0.3, 0.4) is 0 Å². The second kappa shape index (κ2) is 7.84. The SMILES string of the molecule is N#Cc1ccc(Cl)c(NC(=O)NC(=O)COCC(=O)O)c1. The quantitative estimate of drug-likeness (QED) is 0.743. The average molecular weight is 312 g/mol. The first-order valence-electron chi connectivity index (χ1n) is 5.52. The van der Waals surface area contributed by atoms with Crippen LogP contribution in [0.15, 0.2) is 18.2 Å². The molecule has 0 unspecified atom stereocenters. The van der Waals surface area contributed by atoms with E-state index in [1.807, 2.05) is 11.4 Å². The number of carboxylic acid groups (broad SMARTS) is 1. The highest BCUT2D eigenvalue weighted by atomic mass is 35.5. The van der Waals surface area contributed by atoms with Crippen LogP contribution in [0.25, 0.3) is 0 Å². The summed E-state index contributed by atoms with van der Waals surface area (Å²) in [6.07, 6.45) is 0. The van der Waals surface area contributed by atoms with Gasteiger partial charge in [0.1, 0.15) is 13.2 Å². The fraction of sp³-hybridized carbons (Fsp3) is 0.167. The molecule has 8 nitrogen and oxygen atoms in total. The van der Waals surface area contributed by atoms with Gasteiger partial charge < -0.3 is 15.2 Å². The predicted molar refractivity (Wildman–Crippen MR) is 71.8 cm³/mol. The van der Waals surface area contributed by atoms with E-state index in [0.717, 1.165) is 0 Å². The monoisotopic (exact) mass is 311 g/mol. The van der Waals surface area contributed by atoms with Crippen molar-refractivity contribution in [1.82, 2.24) is 5.32 Å². The van der Waals surface area contributed by atoms with Gasteiger partial charge in [-0.3, -0.25) is 10.1 Å². The topological polar surface area (TPSA) is 129 Å². The summed E-state index contributed by atoms with van der Waals surface area (Å²) in [7, 11) is 0. The zero-order valence-electron chi connectivity index (χ0n) is 10.6. The zero-order chi connectivity index (χ0) is 15.8. The predicted octanol–water partition coefficient (Wildman–Crippen LogP) is 0.961. The number of carbonyl (C=O) groups excluding carboxylic acids is 2. The van der Waals surface area contributed by atoms with Gasteiger partial charge in [0, 0.05) is 0 Å². The van der Waals surface area contributed by atoms with Gasteiger partial charge in [-0.25, -0.2) is 9.59 Å². The summed E-state index contributed by atoms with van der Waals surface area (Å²) >= 11 is 5.83. The van der Waals surface area contributed by atoms with Crippen molar-refractivity contribution < 1.29 is 24.2 Å². The molecule has 0 spiro atoms. The molecule has 1 aromatic rings. The number of nitriles is 1. The number of aliphatic carboxylic acids is 1. The fourth-order valence-electron chi connectivity index (χ4n) is 1.24. The highest BCUT2D eigenvalue weighted by Gasteiger charge is 2.11. The summed E-state index contributed by atoms with van der Waals surface area (Å²) in [6.45, 7) is -1.23. The third-order valence-corrected chi connectivity index (χ3v) is 2.38. The fourth-order valence-corrected chi connectivity index (χ4v) is 1.40. The van der Waals surface area contributed by atoms with Crippen LogP contribution >= 0.6 is 11.6 Å². The molecule has 21 heavy (non-hydrogen) atoms. The normalized spacial score (nSPS) is 9.52. The number of urea groups is 1. The summed E-state index contributed by atoms with van der Waals surface area (Å²) in [6, 6.07) is 5.23. The molecule has 1 rings (SSSR count). The second-order valence-electron chi connectivity index (χ2n) is 3.70. The Kier molecular flexibility index (Phi) is 6.13. The molecule has 0 aliphatic carbocycles. The van der Waals surface area contributed by atoms with Crippen molar-refractivity contribution in [3.05, 3.63) is 28.8 Å². The number of benzene rings is 1. The van der Waals surface area contributed by atoms with Gasteiger partial charge in [0.2, 0.25) is 0 Å². The number of hydrogen-bond donors (Lipinski definition) is 3. The van der Waals surface area contributed by atoms with E-state index >= 15 is 0 Å². The van der Waals surface area contributed by atoms with E-state index in [-0.39, 0.29) is 16.3 Å². The first-order valence-corrected chi connectivity index (χ1v) is 5.90. The Morgan fingerprint density at radius 2 is 2.05 bits per heavy atom. The number of hydrogen-bond acceptors (Lipinski definition) is 5. The van der Waals surface area contributed by atoms with Gasteiger partial charge >= 0.3 is 12.0 Å². The van der Waals surface area contributed by atoms with Crippen molar-refractivity contribution in [1.29, 1.82) is 5.26 Å². The molecule has 1 aromatic carbocycles. The van der Waals surface area contributed by atoms with Gasteiger partial charge in [-0.2, -0.15) is 5.26 Å². The third kappa shape index (κ3) is 5.90. The first kappa shape index (κ1) is 16.4. The summed E-state index contributed by atoms with van der Waals surface area (Å²) in [4.78, 5) is 32.9. The Morgan fingerprint density at radius 1 is 1.33 bits per heavy atom. The summed E-state index contributed by atoms with van der Waals surface area (Å²) in [5, 5.41) is 21.4. The number of imide groups is 1. The van der Waals surface area contributed by atoms with Crippen LogP contribution in [0.5, 0.6) is 0 Å². The molecule has 0 aliphatic rings. The van der Waals surface area contributed by atoms with Crippen LogP contribution < -0.4 is 10.6 Å². The molecule has 0 aromatic heterocycles. The van der Waals surface area contributed by atoms with Crippen LogP contribution in [0.4, 0.5) is 10.5 Å². The standard InChI is InChI=1S/C12H10ClN3O5/c13-8-2-1-7(4-14)3-9(8)15-12(20)16-10(17)5-21-6-11(18)19/h1-3H,5-6H2,(H,18,19)(H2,15,16,17,20). The van der Waals surface area contributed by atoms with Crippen LogP contribution in [0, 0.1) is 11.3 Å². The second-order valence-corrected chi connectivity index (χ2v) is 4.10. The van der Waals surface area contributed by atoms with Crippen LogP contribution in [-0.4, -0.2) is 36.2 Å². The number of nitrogens with zero attached hydrogens (tertiary/aromatic N) is 1. The molecule has 3 N–H and O–H groups in total. The maximum atomic E-state index is 11.5. The van der Waals surface area contributed by atoms with E-state index in [2.05, 4.69) is 10.1 Å². The molecule has 0 saturated heterocycles. The number of carbonyl (C=O) groups is 3. The van der Waals surface area contributed by atoms with Gasteiger partial charge in [0.25, 0.3) is 5.91 Å². The number of nitrogens with one attached hydrogen (secondary N) is 2. The lowest BCUT2D eigenvalue weighted by atomic mass is 10.2. The maximum Gasteiger partial charge on any atom is 0.329 e. The summed E-state index contributed by atoms with van der Waals surface area (Å²) in [5.74, 6) is -2.05. The molecule has 3 amide bonds. The number of rotatable bonds is 5. The zero-order valence-corrected chi connectivity index (χ0v) is 11.3. The van der Waals surface area contributed by atoms with Gasteiger partial charge in [0.15, 0.2) is 0 Å². The Hall–Kier alpha value is -2.63. The Bertz CT molecular complexity index is 611. The molecule has 0 saturated carbocycles. The van der Waals surface area contributed by atoms with Crippen molar-refractivity contribution in [2.75, 3.05) is 18.5 Å². The van der Waals surface area contributed by atoms with Gasteiger partial charge in [0.05, 0.1) is 22.3 Å². The number of amides is 3. The highest BCUT2D eigenvalue weighted by molar-refractivity contribution is 6.33. The largest absolute Gasteiger partial charge is 0.480 e. The molecule has 0 heterocycles. The van der Waals surface area contributed by atoms with E-state index in [1.165, 1.54) is 18.2 Å². The number of anilines is 1. The molecule has 0 aliphatic heterocycles. The molecule has 0 fully saturated rings. The lowest BCUT2D eigenvalue weighted by molar-refractivity contribution is -0.143. The van der Waals surface area contributed by atoms with Crippen molar-refractivity contribution in [2.45, 2.75) is 0 Å². The van der Waals surface area contributed by atoms with E-state index in [1.54, 1.807) is 0 Å². The Balaban J connectivity index is 2.52.